The van der Waals surface area contributed by atoms with Gasteiger partial charge in [-0.1, -0.05) is 48.5 Å². The van der Waals surface area contributed by atoms with E-state index < -0.39 is 17.7 Å². The first kappa shape index (κ1) is 23.8. The lowest BCUT2D eigenvalue weighted by Gasteiger charge is -2.25. The Morgan fingerprint density at radius 1 is 0.892 bits per heavy atom. The number of nitrogens with zero attached hydrogens (tertiary/aromatic N) is 2. The number of amides is 1. The molecule has 37 heavy (non-hydrogen) atoms. The summed E-state index contributed by atoms with van der Waals surface area (Å²) in [7, 11) is 1.47. The third kappa shape index (κ3) is 4.67. The predicted octanol–water partition coefficient (Wildman–Crippen LogP) is 5.30. The number of anilines is 1. The van der Waals surface area contributed by atoms with Crippen LogP contribution in [0, 0.1) is 0 Å². The van der Waals surface area contributed by atoms with Crippen LogP contribution in [0.1, 0.15) is 22.9 Å². The van der Waals surface area contributed by atoms with E-state index in [4.69, 9.17) is 9.47 Å². The highest BCUT2D eigenvalue weighted by Crippen LogP contribution is 2.42. The molecule has 1 atom stereocenters. The minimum Gasteiger partial charge on any atom is -0.507 e. The van der Waals surface area contributed by atoms with Gasteiger partial charge < -0.3 is 14.6 Å². The first-order valence-electron chi connectivity index (χ1n) is 11.7. The average molecular weight is 493 g/mol. The zero-order valence-corrected chi connectivity index (χ0v) is 20.1. The maximum absolute atomic E-state index is 13.3. The van der Waals surface area contributed by atoms with E-state index in [0.717, 1.165) is 5.56 Å². The monoisotopic (exact) mass is 492 g/mol. The molecule has 0 radical (unpaired) electrons. The van der Waals surface area contributed by atoms with Gasteiger partial charge in [-0.05, 0) is 54.1 Å². The molecule has 1 aliphatic heterocycles. The number of methoxy groups -OCH3 is 1. The summed E-state index contributed by atoms with van der Waals surface area (Å²) in [5.41, 5.74) is 2.21. The van der Waals surface area contributed by atoms with E-state index in [2.05, 4.69) is 4.98 Å². The highest BCUT2D eigenvalue weighted by Gasteiger charge is 2.47. The van der Waals surface area contributed by atoms with Gasteiger partial charge in [-0.25, -0.2) is 0 Å². The van der Waals surface area contributed by atoms with E-state index in [-0.39, 0.29) is 11.3 Å². The number of ketones is 1. The van der Waals surface area contributed by atoms with Gasteiger partial charge in [-0.3, -0.25) is 19.5 Å². The molecule has 0 spiro atoms. The summed E-state index contributed by atoms with van der Waals surface area (Å²) in [4.78, 5) is 32.4. The number of carbonyl (C=O) groups is 2. The Morgan fingerprint density at radius 3 is 2.30 bits per heavy atom. The Kier molecular flexibility index (Phi) is 6.68. The minimum absolute atomic E-state index is 0.0578. The van der Waals surface area contributed by atoms with Gasteiger partial charge in [0.05, 0.1) is 23.9 Å². The van der Waals surface area contributed by atoms with Gasteiger partial charge in [-0.2, -0.15) is 0 Å². The summed E-state index contributed by atoms with van der Waals surface area (Å²) in [6.45, 7) is 0.400. The third-order valence-corrected chi connectivity index (χ3v) is 6.14. The first-order valence-corrected chi connectivity index (χ1v) is 11.7. The summed E-state index contributed by atoms with van der Waals surface area (Å²) in [6, 6.07) is 27.8. The highest BCUT2D eigenvalue weighted by atomic mass is 16.5. The molecule has 0 saturated carbocycles. The number of hydrogen-bond donors (Lipinski definition) is 1. The molecule has 7 nitrogen and oxygen atoms in total. The summed E-state index contributed by atoms with van der Waals surface area (Å²) in [5, 5.41) is 11.3. The van der Waals surface area contributed by atoms with Crippen LogP contribution in [-0.4, -0.2) is 28.9 Å². The van der Waals surface area contributed by atoms with Crippen LogP contribution in [0.25, 0.3) is 5.76 Å². The number of aromatic nitrogens is 1. The molecule has 3 aromatic carbocycles. The first-order chi connectivity index (χ1) is 18.1. The Balaban J connectivity index is 1.54. The number of rotatable bonds is 7. The molecule has 5 rings (SSSR count). The topological polar surface area (TPSA) is 89.0 Å². The van der Waals surface area contributed by atoms with Crippen molar-refractivity contribution in [2.45, 2.75) is 12.6 Å². The normalized spacial score (nSPS) is 16.6. The van der Waals surface area contributed by atoms with Crippen molar-refractivity contribution in [2.75, 3.05) is 12.0 Å². The van der Waals surface area contributed by atoms with Crippen molar-refractivity contribution in [2.24, 2.45) is 0 Å². The maximum Gasteiger partial charge on any atom is 0.300 e. The summed E-state index contributed by atoms with van der Waals surface area (Å²) >= 11 is 0. The fourth-order valence-corrected chi connectivity index (χ4v) is 4.35. The predicted molar refractivity (Wildman–Crippen MR) is 139 cm³/mol. The molecule has 1 aromatic heterocycles. The molecule has 1 unspecified atom stereocenters. The molecular formula is C30H24N2O5. The highest BCUT2D eigenvalue weighted by molar-refractivity contribution is 6.51. The molecule has 1 fully saturated rings. The lowest BCUT2D eigenvalue weighted by Crippen LogP contribution is -2.29. The molecule has 1 aliphatic rings. The number of benzene rings is 3. The zero-order chi connectivity index (χ0) is 25.8. The molecule has 4 aromatic rings. The minimum atomic E-state index is -0.929. The van der Waals surface area contributed by atoms with Crippen molar-refractivity contribution in [3.05, 3.63) is 126 Å². The van der Waals surface area contributed by atoms with Crippen LogP contribution in [0.5, 0.6) is 11.5 Å². The quantitative estimate of drug-likeness (QED) is 0.214. The van der Waals surface area contributed by atoms with Crippen LogP contribution in [0.15, 0.2) is 109 Å². The maximum atomic E-state index is 13.3. The van der Waals surface area contributed by atoms with Crippen molar-refractivity contribution >= 4 is 23.1 Å². The molecule has 0 bridgehead atoms. The van der Waals surface area contributed by atoms with Crippen LogP contribution in [0.4, 0.5) is 5.69 Å². The van der Waals surface area contributed by atoms with E-state index in [1.54, 1.807) is 72.9 Å². The van der Waals surface area contributed by atoms with Gasteiger partial charge in [-0.15, -0.1) is 0 Å². The summed E-state index contributed by atoms with van der Waals surface area (Å²) in [6.07, 6.45) is 1.58. The van der Waals surface area contributed by atoms with Gasteiger partial charge in [0.1, 0.15) is 29.9 Å². The van der Waals surface area contributed by atoms with Gasteiger partial charge in [0.2, 0.25) is 0 Å². The number of para-hydroxylation sites is 1. The largest absolute Gasteiger partial charge is 0.507 e. The lowest BCUT2D eigenvalue weighted by molar-refractivity contribution is -0.132. The Bertz CT molecular complexity index is 1450. The Hall–Kier alpha value is -4.91. The second-order valence-electron chi connectivity index (χ2n) is 8.39. The van der Waals surface area contributed by atoms with Crippen molar-refractivity contribution in [3.8, 4) is 11.5 Å². The number of aliphatic hydroxyl groups is 1. The standard InChI is InChI=1S/C30H24N2O5/c1-36-25-13-6-5-11-23(25)28(33)26-27(24-12-7-8-18-31-24)32(30(35)29(26)34)21-14-16-22(17-15-21)37-19-20-9-3-2-4-10-20/h2-18,27,33H,19H2,1H3/b28-26-. The third-order valence-electron chi connectivity index (χ3n) is 6.14. The van der Waals surface area contributed by atoms with Crippen LogP contribution in [0.2, 0.25) is 0 Å². The molecule has 184 valence electrons. The second kappa shape index (κ2) is 10.4. The van der Waals surface area contributed by atoms with E-state index in [1.807, 2.05) is 30.3 Å². The van der Waals surface area contributed by atoms with E-state index in [9.17, 15) is 14.7 Å². The van der Waals surface area contributed by atoms with Crippen molar-refractivity contribution < 1.29 is 24.2 Å². The fraction of sp³-hybridized carbons (Fsp3) is 0.100. The lowest BCUT2D eigenvalue weighted by atomic mass is 9.97. The number of carbonyl (C=O) groups excluding carboxylic acids is 2. The van der Waals surface area contributed by atoms with E-state index in [1.165, 1.54) is 12.0 Å². The van der Waals surface area contributed by atoms with Crippen LogP contribution in [0.3, 0.4) is 0 Å². The van der Waals surface area contributed by atoms with Gasteiger partial charge in [0, 0.05) is 11.9 Å². The molecule has 1 saturated heterocycles. The van der Waals surface area contributed by atoms with Crippen molar-refractivity contribution in [3.63, 3.8) is 0 Å². The summed E-state index contributed by atoms with van der Waals surface area (Å²) in [5.74, 6) is -0.885. The molecule has 1 amide bonds. The number of Topliss-reactive ketones (excluding diaryl/α,β-unsaturated/α-hetero) is 1. The van der Waals surface area contributed by atoms with Gasteiger partial charge in [0.15, 0.2) is 0 Å². The van der Waals surface area contributed by atoms with Crippen molar-refractivity contribution in [1.82, 2.24) is 4.98 Å². The zero-order valence-electron chi connectivity index (χ0n) is 20.1. The van der Waals surface area contributed by atoms with E-state index in [0.29, 0.717) is 35.1 Å². The molecule has 0 aliphatic carbocycles. The Labute approximate surface area is 214 Å². The summed E-state index contributed by atoms with van der Waals surface area (Å²) < 4.78 is 11.2. The smallest absolute Gasteiger partial charge is 0.300 e. The molecule has 1 N–H and O–H groups in total. The second-order valence-corrected chi connectivity index (χ2v) is 8.39. The Morgan fingerprint density at radius 2 is 1.59 bits per heavy atom. The van der Waals surface area contributed by atoms with Gasteiger partial charge >= 0.3 is 0 Å². The SMILES string of the molecule is COc1ccccc1/C(O)=C1/C(=O)C(=O)N(c2ccc(OCc3ccccc3)cc2)C1c1ccccn1. The number of aliphatic hydroxyl groups excluding tert-OH is 1. The molecular weight excluding hydrogens is 468 g/mol. The fourth-order valence-electron chi connectivity index (χ4n) is 4.35. The molecule has 7 heteroatoms. The average Bonchev–Trinajstić information content (AvgIpc) is 3.22. The van der Waals surface area contributed by atoms with Gasteiger partial charge in [0.25, 0.3) is 11.7 Å². The van der Waals surface area contributed by atoms with Crippen molar-refractivity contribution in [1.29, 1.82) is 0 Å². The number of ether oxygens (including phenoxy) is 2. The van der Waals surface area contributed by atoms with Crippen LogP contribution < -0.4 is 14.4 Å². The molecule has 2 heterocycles. The van der Waals surface area contributed by atoms with Crippen LogP contribution >= 0.6 is 0 Å². The number of pyridine rings is 1. The van der Waals surface area contributed by atoms with Crippen LogP contribution in [-0.2, 0) is 16.2 Å². The number of hydrogen-bond acceptors (Lipinski definition) is 6. The van der Waals surface area contributed by atoms with E-state index >= 15 is 0 Å².